The summed E-state index contributed by atoms with van der Waals surface area (Å²) in [7, 11) is -1.52. The Kier molecular flexibility index (Phi) is 9.47. The molecule has 25 heavy (non-hydrogen) atoms. The second-order valence-corrected chi connectivity index (χ2v) is 8.36. The third kappa shape index (κ3) is 7.63. The number of nitrogens with two attached hydrogens (primary N) is 1. The van der Waals surface area contributed by atoms with Crippen molar-refractivity contribution in [1.82, 2.24) is 4.90 Å². The predicted octanol–water partition coefficient (Wildman–Crippen LogP) is 2.26. The van der Waals surface area contributed by atoms with E-state index in [1.54, 1.807) is 31.0 Å². The fourth-order valence-electron chi connectivity index (χ4n) is 2.45. The fraction of sp³-hybridized carbons (Fsp3) is 0.588. The first-order valence-corrected chi connectivity index (χ1v) is 9.94. The number of hydrogen-bond acceptors (Lipinski definition) is 5. The molecule has 0 aromatic heterocycles. The van der Waals surface area contributed by atoms with E-state index in [9.17, 15) is 13.2 Å². The summed E-state index contributed by atoms with van der Waals surface area (Å²) in [5.74, 6) is 0.421. The van der Waals surface area contributed by atoms with Gasteiger partial charge < -0.3 is 15.4 Å². The average molecular weight is 393 g/mol. The molecule has 0 saturated heterocycles. The first-order chi connectivity index (χ1) is 11.1. The lowest BCUT2D eigenvalue weighted by Gasteiger charge is -2.29. The third-order valence-electron chi connectivity index (χ3n) is 3.74. The number of benzene rings is 1. The minimum Gasteiger partial charge on any atom is -0.493 e. The zero-order valence-electron chi connectivity index (χ0n) is 15.3. The fourth-order valence-corrected chi connectivity index (χ4v) is 3.11. The van der Waals surface area contributed by atoms with Crippen molar-refractivity contribution >= 4 is 28.2 Å². The maximum absolute atomic E-state index is 12.3. The number of nitrogens with zero attached hydrogens (tertiary/aromatic N) is 1. The van der Waals surface area contributed by atoms with Crippen LogP contribution in [-0.4, -0.2) is 51.2 Å². The minimum atomic E-state index is -3.25. The van der Waals surface area contributed by atoms with Gasteiger partial charge in [-0.25, -0.2) is 8.42 Å². The molecule has 0 aliphatic heterocycles. The van der Waals surface area contributed by atoms with Crippen LogP contribution in [0.4, 0.5) is 0 Å². The minimum absolute atomic E-state index is 0. The molecule has 8 heteroatoms. The van der Waals surface area contributed by atoms with Crippen LogP contribution in [0.2, 0.25) is 0 Å². The monoisotopic (exact) mass is 392 g/mol. The Balaban J connectivity index is 0.00000576. The quantitative estimate of drug-likeness (QED) is 0.651. The van der Waals surface area contributed by atoms with Gasteiger partial charge in [0.2, 0.25) is 5.91 Å². The Morgan fingerprint density at radius 2 is 2.00 bits per heavy atom. The molecule has 1 amide bonds. The van der Waals surface area contributed by atoms with Gasteiger partial charge in [0.1, 0.15) is 5.75 Å². The van der Waals surface area contributed by atoms with Gasteiger partial charge in [0, 0.05) is 19.8 Å². The molecule has 0 saturated carbocycles. The maximum atomic E-state index is 12.3. The summed E-state index contributed by atoms with van der Waals surface area (Å²) in [6.07, 6.45) is 3.29. The average Bonchev–Trinajstić information content (AvgIpc) is 2.50. The van der Waals surface area contributed by atoms with Gasteiger partial charge in [-0.2, -0.15) is 0 Å². The van der Waals surface area contributed by atoms with E-state index in [0.29, 0.717) is 31.7 Å². The largest absolute Gasteiger partial charge is 0.493 e. The molecule has 6 nitrogen and oxygen atoms in total. The van der Waals surface area contributed by atoms with E-state index in [1.807, 2.05) is 6.92 Å². The SMILES string of the molecule is CCCC(C)(N)C(=O)N(C)CCCOc1cccc(S(C)(=O)=O)c1.Cl. The zero-order valence-corrected chi connectivity index (χ0v) is 17.0. The van der Waals surface area contributed by atoms with Crippen molar-refractivity contribution in [3.63, 3.8) is 0 Å². The van der Waals surface area contributed by atoms with Crippen molar-refractivity contribution in [1.29, 1.82) is 0 Å². The van der Waals surface area contributed by atoms with Crippen LogP contribution in [0.15, 0.2) is 29.2 Å². The summed E-state index contributed by atoms with van der Waals surface area (Å²) in [4.78, 5) is 14.1. The van der Waals surface area contributed by atoms with E-state index >= 15 is 0 Å². The second kappa shape index (κ2) is 9.99. The standard InChI is InChI=1S/C17H28N2O4S.ClH/c1-5-10-17(2,18)16(20)19(3)11-7-12-23-14-8-6-9-15(13-14)24(4,21)22;/h6,8-9,13H,5,7,10-12,18H2,1-4H3;1H. The molecule has 1 aromatic carbocycles. The molecule has 1 atom stereocenters. The van der Waals surface area contributed by atoms with Crippen LogP contribution in [0.25, 0.3) is 0 Å². The van der Waals surface area contributed by atoms with Crippen molar-refractivity contribution < 1.29 is 17.9 Å². The number of likely N-dealkylation sites (N-methyl/N-ethyl adjacent to an activating group) is 1. The Bertz CT molecular complexity index is 662. The summed E-state index contributed by atoms with van der Waals surface area (Å²) in [5.41, 5.74) is 5.21. The summed E-state index contributed by atoms with van der Waals surface area (Å²) >= 11 is 0. The number of carbonyl (C=O) groups excluding carboxylic acids is 1. The maximum Gasteiger partial charge on any atom is 0.242 e. The summed E-state index contributed by atoms with van der Waals surface area (Å²) in [6.45, 7) is 4.67. The molecule has 0 bridgehead atoms. The van der Waals surface area contributed by atoms with E-state index in [0.717, 1.165) is 12.7 Å². The van der Waals surface area contributed by atoms with Gasteiger partial charge in [-0.15, -0.1) is 12.4 Å². The third-order valence-corrected chi connectivity index (χ3v) is 4.86. The lowest BCUT2D eigenvalue weighted by atomic mass is 9.96. The smallest absolute Gasteiger partial charge is 0.242 e. The molecule has 0 spiro atoms. The number of amides is 1. The number of sulfone groups is 1. The van der Waals surface area contributed by atoms with Crippen LogP contribution in [-0.2, 0) is 14.6 Å². The van der Waals surface area contributed by atoms with E-state index in [-0.39, 0.29) is 23.2 Å². The Hall–Kier alpha value is -1.31. The summed E-state index contributed by atoms with van der Waals surface area (Å²) < 4.78 is 28.6. The van der Waals surface area contributed by atoms with Crippen LogP contribution in [0.1, 0.15) is 33.1 Å². The molecule has 1 unspecified atom stereocenters. The van der Waals surface area contributed by atoms with Gasteiger partial charge in [0.15, 0.2) is 9.84 Å². The van der Waals surface area contributed by atoms with E-state index in [1.165, 1.54) is 12.1 Å². The normalized spacial score (nSPS) is 13.5. The molecular formula is C17H29ClN2O4S. The number of ether oxygens (including phenoxy) is 1. The number of rotatable bonds is 9. The van der Waals surface area contributed by atoms with Crippen molar-refractivity contribution in [2.45, 2.75) is 43.5 Å². The molecule has 0 aliphatic carbocycles. The van der Waals surface area contributed by atoms with E-state index in [4.69, 9.17) is 10.5 Å². The van der Waals surface area contributed by atoms with Crippen LogP contribution in [0, 0.1) is 0 Å². The highest BCUT2D eigenvalue weighted by Gasteiger charge is 2.29. The zero-order chi connectivity index (χ0) is 18.4. The highest BCUT2D eigenvalue weighted by Crippen LogP contribution is 2.17. The molecule has 2 N–H and O–H groups in total. The van der Waals surface area contributed by atoms with Crippen molar-refractivity contribution in [2.75, 3.05) is 26.5 Å². The van der Waals surface area contributed by atoms with Crippen molar-refractivity contribution in [3.8, 4) is 5.75 Å². The molecule has 0 aliphatic rings. The van der Waals surface area contributed by atoms with Crippen molar-refractivity contribution in [2.24, 2.45) is 5.73 Å². The number of hydrogen-bond donors (Lipinski definition) is 1. The first kappa shape index (κ1) is 23.7. The van der Waals surface area contributed by atoms with Crippen molar-refractivity contribution in [3.05, 3.63) is 24.3 Å². The Morgan fingerprint density at radius 1 is 1.36 bits per heavy atom. The van der Waals surface area contributed by atoms with E-state index < -0.39 is 15.4 Å². The molecule has 1 aromatic rings. The lowest BCUT2D eigenvalue weighted by molar-refractivity contribution is -0.135. The lowest BCUT2D eigenvalue weighted by Crippen LogP contribution is -2.52. The Morgan fingerprint density at radius 3 is 2.56 bits per heavy atom. The molecule has 0 radical (unpaired) electrons. The number of carbonyl (C=O) groups is 1. The molecular weight excluding hydrogens is 364 g/mol. The van der Waals surface area contributed by atoms with E-state index in [2.05, 4.69) is 0 Å². The summed E-state index contributed by atoms with van der Waals surface area (Å²) in [5, 5.41) is 0. The number of halogens is 1. The molecule has 0 fully saturated rings. The molecule has 0 heterocycles. The van der Waals surface area contributed by atoms with Crippen LogP contribution in [0.3, 0.4) is 0 Å². The van der Waals surface area contributed by atoms with Gasteiger partial charge in [0.05, 0.1) is 17.0 Å². The predicted molar refractivity (Wildman–Crippen MR) is 102 cm³/mol. The van der Waals surface area contributed by atoms with Gasteiger partial charge in [-0.1, -0.05) is 19.4 Å². The first-order valence-electron chi connectivity index (χ1n) is 8.05. The van der Waals surface area contributed by atoms with Gasteiger partial charge in [-0.3, -0.25) is 4.79 Å². The summed E-state index contributed by atoms with van der Waals surface area (Å²) in [6, 6.07) is 6.39. The van der Waals surface area contributed by atoms with Gasteiger partial charge in [-0.05, 0) is 38.0 Å². The van der Waals surface area contributed by atoms with Gasteiger partial charge >= 0.3 is 0 Å². The molecule has 144 valence electrons. The molecule has 1 rings (SSSR count). The second-order valence-electron chi connectivity index (χ2n) is 6.34. The van der Waals surface area contributed by atoms with Crippen LogP contribution in [0.5, 0.6) is 5.75 Å². The van der Waals surface area contributed by atoms with Crippen LogP contribution < -0.4 is 10.5 Å². The highest BCUT2D eigenvalue weighted by atomic mass is 35.5. The Labute approximate surface area is 157 Å². The highest BCUT2D eigenvalue weighted by molar-refractivity contribution is 7.90. The van der Waals surface area contributed by atoms with Gasteiger partial charge in [0.25, 0.3) is 0 Å². The van der Waals surface area contributed by atoms with Crippen LogP contribution >= 0.6 is 12.4 Å². The topological polar surface area (TPSA) is 89.7 Å².